The van der Waals surface area contributed by atoms with E-state index in [1.807, 2.05) is 0 Å². The molecule has 2 heterocycles. The Kier molecular flexibility index (Phi) is 6.54. The van der Waals surface area contributed by atoms with Crippen molar-refractivity contribution in [2.45, 2.75) is 30.7 Å². The Morgan fingerprint density at radius 3 is 2.30 bits per heavy atom. The Morgan fingerprint density at radius 2 is 1.67 bits per heavy atom. The van der Waals surface area contributed by atoms with Crippen LogP contribution in [0.1, 0.15) is 0 Å². The second-order valence-electron chi connectivity index (χ2n) is 7.52. The smallest absolute Gasteiger partial charge is 0.229 e. The average molecular weight is 460 g/mol. The normalized spacial score (nSPS) is 25.1. The first-order valence-corrected chi connectivity index (χ1v) is 10.1. The summed E-state index contributed by atoms with van der Waals surface area (Å²) in [4.78, 5) is 13.1. The molecule has 2 aromatic carbocycles. The molecule has 0 amide bonds. The van der Waals surface area contributed by atoms with Crippen molar-refractivity contribution in [1.29, 1.82) is 0 Å². The highest BCUT2D eigenvalue weighted by Crippen LogP contribution is 2.35. The molecule has 4 N–H and O–H groups in total. The zero-order chi connectivity index (χ0) is 23.7. The highest BCUT2D eigenvalue weighted by atomic mass is 16.7. The van der Waals surface area contributed by atoms with E-state index in [0.717, 1.165) is 0 Å². The molecule has 0 bridgehead atoms. The zero-order valence-corrected chi connectivity index (χ0v) is 17.9. The van der Waals surface area contributed by atoms with Gasteiger partial charge in [0, 0.05) is 6.07 Å². The third kappa shape index (κ3) is 4.26. The number of hydrogen-bond acceptors (Lipinski definition) is 10. The Hall–Kier alpha value is -3.15. The summed E-state index contributed by atoms with van der Waals surface area (Å²) in [6, 6.07) is 9.78. The molecular formula is C23H24O10. The Balaban J connectivity index is 1.70. The quantitative estimate of drug-likeness (QED) is 0.413. The summed E-state index contributed by atoms with van der Waals surface area (Å²) in [6.07, 6.45) is -5.94. The van der Waals surface area contributed by atoms with E-state index in [1.165, 1.54) is 25.5 Å². The monoisotopic (exact) mass is 460 g/mol. The maximum Gasteiger partial charge on any atom is 0.229 e. The summed E-state index contributed by atoms with van der Waals surface area (Å²) in [7, 11) is 2.92. The van der Waals surface area contributed by atoms with E-state index in [1.54, 1.807) is 31.4 Å². The van der Waals surface area contributed by atoms with E-state index in [0.29, 0.717) is 16.9 Å². The summed E-state index contributed by atoms with van der Waals surface area (Å²) in [5, 5.41) is 39.7. The second kappa shape index (κ2) is 9.38. The van der Waals surface area contributed by atoms with Gasteiger partial charge in [0.15, 0.2) is 11.5 Å². The fourth-order valence-electron chi connectivity index (χ4n) is 3.65. The molecule has 1 aliphatic rings. The van der Waals surface area contributed by atoms with Gasteiger partial charge in [-0.1, -0.05) is 12.1 Å². The van der Waals surface area contributed by atoms with Crippen LogP contribution in [-0.2, 0) is 4.74 Å². The number of fused-ring (bicyclic) bond motifs is 1. The lowest BCUT2D eigenvalue weighted by molar-refractivity contribution is -0.277. The van der Waals surface area contributed by atoms with E-state index < -0.39 is 37.3 Å². The summed E-state index contributed by atoms with van der Waals surface area (Å²) >= 11 is 0. The second-order valence-corrected chi connectivity index (χ2v) is 7.52. The van der Waals surface area contributed by atoms with Gasteiger partial charge in [-0.3, -0.25) is 4.79 Å². The van der Waals surface area contributed by atoms with Crippen LogP contribution in [-0.4, -0.2) is 72.0 Å². The maximum absolute atomic E-state index is 13.1. The minimum Gasteiger partial charge on any atom is -0.497 e. The molecule has 0 saturated carbocycles. The number of aliphatic hydroxyl groups excluding tert-OH is 4. The van der Waals surface area contributed by atoms with Crippen molar-refractivity contribution in [3.63, 3.8) is 0 Å². The van der Waals surface area contributed by atoms with Crippen LogP contribution in [0.5, 0.6) is 17.2 Å². The minimum absolute atomic E-state index is 0.0645. The number of methoxy groups -OCH3 is 2. The highest BCUT2D eigenvalue weighted by Gasteiger charge is 2.45. The van der Waals surface area contributed by atoms with Crippen LogP contribution in [0.3, 0.4) is 0 Å². The summed E-state index contributed by atoms with van der Waals surface area (Å²) in [5.41, 5.74) is 0.888. The molecule has 1 fully saturated rings. The molecular weight excluding hydrogens is 436 g/mol. The predicted octanol–water partition coefficient (Wildman–Crippen LogP) is 0.656. The fourth-order valence-corrected chi connectivity index (χ4v) is 3.65. The third-order valence-electron chi connectivity index (χ3n) is 5.55. The van der Waals surface area contributed by atoms with E-state index in [2.05, 4.69) is 0 Å². The molecule has 176 valence electrons. The van der Waals surface area contributed by atoms with Gasteiger partial charge < -0.3 is 43.8 Å². The molecule has 3 aromatic rings. The zero-order valence-electron chi connectivity index (χ0n) is 17.9. The van der Waals surface area contributed by atoms with Crippen molar-refractivity contribution in [2.75, 3.05) is 20.8 Å². The molecule has 33 heavy (non-hydrogen) atoms. The van der Waals surface area contributed by atoms with Crippen molar-refractivity contribution >= 4 is 11.0 Å². The number of hydrogen-bond donors (Lipinski definition) is 4. The molecule has 0 spiro atoms. The van der Waals surface area contributed by atoms with E-state index in [-0.39, 0.29) is 27.9 Å². The molecule has 0 aliphatic carbocycles. The van der Waals surface area contributed by atoms with Gasteiger partial charge in [-0.2, -0.15) is 0 Å². The SMILES string of the molecule is COc1ccc(-c2coc3cc(O[C@@H]4O[C@@H](CO)[C@@H](O)[C@@H](O)[C@@H]4O)c(OC)cc3c2=O)cc1. The van der Waals surface area contributed by atoms with Crippen LogP contribution in [0.25, 0.3) is 22.1 Å². The van der Waals surface area contributed by atoms with Crippen LogP contribution in [0, 0.1) is 0 Å². The van der Waals surface area contributed by atoms with E-state index in [4.69, 9.17) is 23.4 Å². The standard InChI is InChI=1S/C23H24O10/c1-29-12-5-3-11(4-6-12)14-10-31-15-8-17(16(30-2)7-13(15)19(14)25)32-23-22(28)21(27)20(26)18(9-24)33-23/h3-8,10,18,20-24,26-28H,9H2,1-2H3/t18-,20+,21+,22-,23+/m0/s1. The molecule has 0 radical (unpaired) electrons. The molecule has 4 rings (SSSR count). The Labute approximate surface area is 188 Å². The topological polar surface area (TPSA) is 148 Å². The molecule has 5 atom stereocenters. The molecule has 10 heteroatoms. The van der Waals surface area contributed by atoms with Crippen molar-refractivity contribution in [1.82, 2.24) is 0 Å². The van der Waals surface area contributed by atoms with Gasteiger partial charge in [0.05, 0.1) is 31.8 Å². The van der Waals surface area contributed by atoms with Gasteiger partial charge in [0.2, 0.25) is 11.7 Å². The van der Waals surface area contributed by atoms with Gasteiger partial charge in [0.25, 0.3) is 0 Å². The van der Waals surface area contributed by atoms with Crippen LogP contribution in [0.2, 0.25) is 0 Å². The highest BCUT2D eigenvalue weighted by molar-refractivity contribution is 5.84. The molecule has 1 aromatic heterocycles. The van der Waals surface area contributed by atoms with Crippen LogP contribution < -0.4 is 19.6 Å². The van der Waals surface area contributed by atoms with Crippen molar-refractivity contribution < 1.29 is 43.8 Å². The third-order valence-corrected chi connectivity index (χ3v) is 5.55. The van der Waals surface area contributed by atoms with Gasteiger partial charge >= 0.3 is 0 Å². The molecule has 10 nitrogen and oxygen atoms in total. The van der Waals surface area contributed by atoms with E-state index >= 15 is 0 Å². The van der Waals surface area contributed by atoms with Crippen LogP contribution >= 0.6 is 0 Å². The predicted molar refractivity (Wildman–Crippen MR) is 115 cm³/mol. The van der Waals surface area contributed by atoms with E-state index in [9.17, 15) is 25.2 Å². The summed E-state index contributed by atoms with van der Waals surface area (Å²) in [6.45, 7) is -0.595. The number of rotatable bonds is 6. The maximum atomic E-state index is 13.1. The number of benzene rings is 2. The first-order chi connectivity index (χ1) is 15.9. The fraction of sp³-hybridized carbons (Fsp3) is 0.348. The largest absolute Gasteiger partial charge is 0.497 e. The van der Waals surface area contributed by atoms with Gasteiger partial charge in [-0.15, -0.1) is 0 Å². The Bertz CT molecular complexity index is 1170. The minimum atomic E-state index is -1.60. The van der Waals surface area contributed by atoms with Gasteiger partial charge in [0.1, 0.15) is 42.0 Å². The number of aliphatic hydroxyl groups is 4. The first-order valence-electron chi connectivity index (χ1n) is 10.1. The lowest BCUT2D eigenvalue weighted by Crippen LogP contribution is -2.60. The number of ether oxygens (including phenoxy) is 4. The molecule has 0 unspecified atom stereocenters. The lowest BCUT2D eigenvalue weighted by atomic mass is 9.99. The van der Waals surface area contributed by atoms with Crippen molar-refractivity contribution in [3.8, 4) is 28.4 Å². The van der Waals surface area contributed by atoms with Gasteiger partial charge in [-0.25, -0.2) is 0 Å². The van der Waals surface area contributed by atoms with Crippen molar-refractivity contribution in [2.24, 2.45) is 0 Å². The van der Waals surface area contributed by atoms with Gasteiger partial charge in [-0.05, 0) is 23.8 Å². The first kappa shape index (κ1) is 23.0. The van der Waals surface area contributed by atoms with Crippen LogP contribution in [0.4, 0.5) is 0 Å². The van der Waals surface area contributed by atoms with Crippen molar-refractivity contribution in [3.05, 3.63) is 52.9 Å². The summed E-state index contributed by atoms with van der Waals surface area (Å²) in [5.74, 6) is 0.869. The average Bonchev–Trinajstić information content (AvgIpc) is 2.84. The molecule has 1 aliphatic heterocycles. The molecule has 1 saturated heterocycles. The summed E-state index contributed by atoms with van der Waals surface area (Å²) < 4.78 is 27.2. The van der Waals surface area contributed by atoms with Crippen LogP contribution in [0.15, 0.2) is 51.9 Å². The Morgan fingerprint density at radius 1 is 0.939 bits per heavy atom. The lowest BCUT2D eigenvalue weighted by Gasteiger charge is -2.39.